The lowest BCUT2D eigenvalue weighted by molar-refractivity contribution is -0.129. The summed E-state index contributed by atoms with van der Waals surface area (Å²) in [5.41, 5.74) is 2.63. The van der Waals surface area contributed by atoms with Gasteiger partial charge in [0.1, 0.15) is 28.3 Å². The van der Waals surface area contributed by atoms with E-state index >= 15 is 0 Å². The first kappa shape index (κ1) is 21.4. The highest BCUT2D eigenvalue weighted by Crippen LogP contribution is 2.33. The largest absolute Gasteiger partial charge is 0.497 e. The number of hydrogen-bond acceptors (Lipinski definition) is 5. The average Bonchev–Trinajstić information content (AvgIpc) is 3.27. The molecule has 3 heterocycles. The predicted octanol–water partition coefficient (Wildman–Crippen LogP) is 4.32. The third-order valence-corrected chi connectivity index (χ3v) is 6.42. The number of benzene rings is 1. The summed E-state index contributed by atoms with van der Waals surface area (Å²) in [6.45, 7) is 6.59. The molecular weight excluding hydrogens is 416 g/mol. The fraction of sp³-hybridized carbons (Fsp3) is 0.435. The SMILES string of the molecule is COc1ccc(C(C)N2CC(C(C)Oc3nc(Cl)cc4nc(C)n(C)c34)CC2=O)cc1. The van der Waals surface area contributed by atoms with E-state index in [1.165, 1.54) is 0 Å². The number of aromatic nitrogens is 3. The van der Waals surface area contributed by atoms with Crippen LogP contribution in [0.15, 0.2) is 30.3 Å². The van der Waals surface area contributed by atoms with Gasteiger partial charge in [-0.05, 0) is 38.5 Å². The Bertz CT molecular complexity index is 1110. The minimum Gasteiger partial charge on any atom is -0.497 e. The van der Waals surface area contributed by atoms with Crippen LogP contribution < -0.4 is 9.47 Å². The maximum absolute atomic E-state index is 12.8. The highest BCUT2D eigenvalue weighted by Gasteiger charge is 2.37. The van der Waals surface area contributed by atoms with Crippen molar-refractivity contribution in [2.24, 2.45) is 13.0 Å². The molecule has 0 saturated carbocycles. The highest BCUT2D eigenvalue weighted by atomic mass is 35.5. The number of ether oxygens (including phenoxy) is 2. The lowest BCUT2D eigenvalue weighted by atomic mass is 10.0. The summed E-state index contributed by atoms with van der Waals surface area (Å²) in [6, 6.07) is 9.55. The minimum atomic E-state index is -0.207. The number of carbonyl (C=O) groups is 1. The predicted molar refractivity (Wildman–Crippen MR) is 120 cm³/mol. The molecule has 7 nitrogen and oxygen atoms in total. The Morgan fingerprint density at radius 2 is 1.90 bits per heavy atom. The van der Waals surface area contributed by atoms with Crippen LogP contribution >= 0.6 is 11.6 Å². The van der Waals surface area contributed by atoms with Crippen molar-refractivity contribution in [2.75, 3.05) is 13.7 Å². The third-order valence-electron chi connectivity index (χ3n) is 6.23. The molecule has 0 N–H and O–H groups in total. The molecule has 1 aliphatic rings. The molecule has 2 aromatic heterocycles. The van der Waals surface area contributed by atoms with Gasteiger partial charge >= 0.3 is 0 Å². The van der Waals surface area contributed by atoms with Crippen molar-refractivity contribution in [1.82, 2.24) is 19.4 Å². The van der Waals surface area contributed by atoms with Gasteiger partial charge in [0.25, 0.3) is 0 Å². The molecule has 0 aliphatic carbocycles. The first-order chi connectivity index (χ1) is 14.8. The first-order valence-electron chi connectivity index (χ1n) is 10.4. The fourth-order valence-corrected chi connectivity index (χ4v) is 4.33. The maximum Gasteiger partial charge on any atom is 0.241 e. The number of fused-ring (bicyclic) bond motifs is 1. The minimum absolute atomic E-state index is 0.0219. The van der Waals surface area contributed by atoms with Crippen molar-refractivity contribution >= 4 is 28.5 Å². The summed E-state index contributed by atoms with van der Waals surface area (Å²) in [5, 5.41) is 0.338. The number of methoxy groups -OCH3 is 1. The van der Waals surface area contributed by atoms with Crippen LogP contribution in [0, 0.1) is 12.8 Å². The van der Waals surface area contributed by atoms with Crippen molar-refractivity contribution in [3.8, 4) is 11.6 Å². The van der Waals surface area contributed by atoms with Gasteiger partial charge in [0, 0.05) is 32.0 Å². The van der Waals surface area contributed by atoms with Crippen molar-refractivity contribution in [3.05, 3.63) is 46.9 Å². The van der Waals surface area contributed by atoms with Gasteiger partial charge in [0.05, 0.1) is 18.7 Å². The number of aryl methyl sites for hydroxylation is 2. The lowest BCUT2D eigenvalue weighted by Crippen LogP contribution is -2.31. The Kier molecular flexibility index (Phi) is 5.79. The number of carbonyl (C=O) groups excluding carboxylic acids is 1. The third kappa shape index (κ3) is 4.06. The molecule has 8 heteroatoms. The molecule has 1 fully saturated rings. The molecule has 1 amide bonds. The molecule has 3 aromatic rings. The van der Waals surface area contributed by atoms with E-state index in [0.29, 0.717) is 24.0 Å². The summed E-state index contributed by atoms with van der Waals surface area (Å²) >= 11 is 6.19. The monoisotopic (exact) mass is 442 g/mol. The van der Waals surface area contributed by atoms with E-state index in [9.17, 15) is 4.79 Å². The standard InChI is InChI=1S/C23H27ClN4O3/c1-13(16-6-8-18(30-5)9-7-16)28-12-17(10-21(28)29)14(2)31-23-22-19(11-20(24)26-23)25-15(3)27(22)4/h6-9,11,13-14,17H,10,12H2,1-5H3. The second-order valence-electron chi connectivity index (χ2n) is 8.12. The van der Waals surface area contributed by atoms with Crippen LogP contribution in [0.1, 0.15) is 37.7 Å². The maximum atomic E-state index is 12.8. The van der Waals surface area contributed by atoms with Gasteiger partial charge in [-0.2, -0.15) is 4.98 Å². The zero-order valence-corrected chi connectivity index (χ0v) is 19.2. The van der Waals surface area contributed by atoms with Gasteiger partial charge in [0.15, 0.2) is 0 Å². The van der Waals surface area contributed by atoms with Crippen LogP contribution in [0.3, 0.4) is 0 Å². The van der Waals surface area contributed by atoms with E-state index < -0.39 is 0 Å². The van der Waals surface area contributed by atoms with E-state index in [2.05, 4.69) is 9.97 Å². The van der Waals surface area contributed by atoms with Crippen LogP contribution in [0.2, 0.25) is 5.15 Å². The summed E-state index contributed by atoms with van der Waals surface area (Å²) in [4.78, 5) is 23.6. The number of pyridine rings is 1. The highest BCUT2D eigenvalue weighted by molar-refractivity contribution is 6.30. The molecule has 1 aliphatic heterocycles. The van der Waals surface area contributed by atoms with Gasteiger partial charge in [-0.15, -0.1) is 0 Å². The number of rotatable bonds is 6. The van der Waals surface area contributed by atoms with E-state index in [4.69, 9.17) is 21.1 Å². The van der Waals surface area contributed by atoms with E-state index in [1.807, 2.05) is 61.6 Å². The normalized spacial score (nSPS) is 18.5. The number of hydrogen-bond donors (Lipinski definition) is 0. The Labute approximate surface area is 186 Å². The van der Waals surface area contributed by atoms with Crippen molar-refractivity contribution in [1.29, 1.82) is 0 Å². The van der Waals surface area contributed by atoms with Crippen LogP contribution in [0.4, 0.5) is 0 Å². The number of nitrogens with zero attached hydrogens (tertiary/aromatic N) is 4. The second kappa shape index (κ2) is 8.38. The lowest BCUT2D eigenvalue weighted by Gasteiger charge is -2.26. The summed E-state index contributed by atoms with van der Waals surface area (Å²) < 4.78 is 13.4. The van der Waals surface area contributed by atoms with Crippen molar-refractivity contribution in [2.45, 2.75) is 39.3 Å². The summed E-state index contributed by atoms with van der Waals surface area (Å²) in [6.07, 6.45) is 0.233. The van der Waals surface area contributed by atoms with E-state index in [-0.39, 0.29) is 24.0 Å². The molecule has 164 valence electrons. The number of likely N-dealkylation sites (tertiary alicyclic amines) is 1. The zero-order chi connectivity index (χ0) is 22.3. The second-order valence-corrected chi connectivity index (χ2v) is 8.51. The molecule has 0 bridgehead atoms. The Morgan fingerprint density at radius 1 is 1.19 bits per heavy atom. The number of halogens is 1. The van der Waals surface area contributed by atoms with Gasteiger partial charge in [-0.1, -0.05) is 23.7 Å². The topological polar surface area (TPSA) is 69.5 Å². The molecular formula is C23H27ClN4O3. The van der Waals surface area contributed by atoms with E-state index in [1.54, 1.807) is 13.2 Å². The number of amides is 1. The fourth-order valence-electron chi connectivity index (χ4n) is 4.15. The first-order valence-corrected chi connectivity index (χ1v) is 10.8. The summed E-state index contributed by atoms with van der Waals surface area (Å²) in [5.74, 6) is 2.29. The average molecular weight is 443 g/mol. The van der Waals surface area contributed by atoms with Crippen molar-refractivity contribution in [3.63, 3.8) is 0 Å². The summed E-state index contributed by atoms with van der Waals surface area (Å²) in [7, 11) is 3.57. The molecule has 3 unspecified atom stereocenters. The van der Waals surface area contributed by atoms with Gasteiger partial charge < -0.3 is 18.9 Å². The molecule has 1 aromatic carbocycles. The molecule has 0 radical (unpaired) electrons. The van der Waals surface area contributed by atoms with E-state index in [0.717, 1.165) is 28.2 Å². The molecule has 3 atom stereocenters. The van der Waals surface area contributed by atoms with Gasteiger partial charge in [-0.3, -0.25) is 4.79 Å². The van der Waals surface area contributed by atoms with Crippen LogP contribution in [0.5, 0.6) is 11.6 Å². The van der Waals surface area contributed by atoms with Crippen molar-refractivity contribution < 1.29 is 14.3 Å². The smallest absolute Gasteiger partial charge is 0.241 e. The van der Waals surface area contributed by atoms with Crippen LogP contribution in [0.25, 0.3) is 11.0 Å². The van der Waals surface area contributed by atoms with Crippen LogP contribution in [-0.2, 0) is 11.8 Å². The zero-order valence-electron chi connectivity index (χ0n) is 18.4. The Balaban J connectivity index is 1.51. The Hall–Kier alpha value is -2.80. The molecule has 4 rings (SSSR count). The molecule has 0 spiro atoms. The number of imidazole rings is 1. The van der Waals surface area contributed by atoms with Crippen LogP contribution in [-0.4, -0.2) is 45.1 Å². The molecule has 1 saturated heterocycles. The van der Waals surface area contributed by atoms with Gasteiger partial charge in [0.2, 0.25) is 11.8 Å². The molecule has 31 heavy (non-hydrogen) atoms. The quantitative estimate of drug-likeness (QED) is 0.532. The van der Waals surface area contributed by atoms with Gasteiger partial charge in [-0.25, -0.2) is 4.98 Å². The Morgan fingerprint density at radius 3 is 2.58 bits per heavy atom.